The average molecular weight is 258 g/mol. The van der Waals surface area contributed by atoms with Crippen LogP contribution in [0.1, 0.15) is 12.6 Å². The summed E-state index contributed by atoms with van der Waals surface area (Å²) in [5.41, 5.74) is 2.16. The van der Waals surface area contributed by atoms with E-state index in [9.17, 15) is 0 Å². The van der Waals surface area contributed by atoms with Crippen LogP contribution >= 0.6 is 0 Å². The number of hydrogen-bond acceptors (Lipinski definition) is 3. The van der Waals surface area contributed by atoms with Gasteiger partial charge in [-0.1, -0.05) is 18.2 Å². The Balaban J connectivity index is 1.88. The van der Waals surface area contributed by atoms with Crippen molar-refractivity contribution in [2.24, 2.45) is 0 Å². The minimum atomic E-state index is 0.524. The Bertz CT molecular complexity index is 490. The SMILES string of the molecule is CC(CNCc1ccn(-c2ccccc2)n1)N(C)C. The zero-order valence-electron chi connectivity index (χ0n) is 11.9. The van der Waals surface area contributed by atoms with Crippen LogP contribution < -0.4 is 5.32 Å². The zero-order chi connectivity index (χ0) is 13.7. The van der Waals surface area contributed by atoms with Crippen LogP contribution in [0.3, 0.4) is 0 Å². The molecule has 0 saturated heterocycles. The third-order valence-electron chi connectivity index (χ3n) is 3.29. The molecule has 0 saturated carbocycles. The van der Waals surface area contributed by atoms with Gasteiger partial charge in [0.05, 0.1) is 11.4 Å². The first-order valence-corrected chi connectivity index (χ1v) is 6.64. The molecule has 2 rings (SSSR count). The summed E-state index contributed by atoms with van der Waals surface area (Å²) < 4.78 is 1.91. The Labute approximate surface area is 115 Å². The Kier molecular flexibility index (Phi) is 4.71. The Morgan fingerprint density at radius 1 is 1.21 bits per heavy atom. The van der Waals surface area contributed by atoms with Gasteiger partial charge in [0.1, 0.15) is 0 Å². The molecule has 0 amide bonds. The predicted octanol–water partition coefficient (Wildman–Crippen LogP) is 1.91. The van der Waals surface area contributed by atoms with Gasteiger partial charge in [-0.15, -0.1) is 0 Å². The third kappa shape index (κ3) is 3.91. The lowest BCUT2D eigenvalue weighted by Crippen LogP contribution is -2.35. The van der Waals surface area contributed by atoms with Crippen LogP contribution in [0.4, 0.5) is 0 Å². The number of nitrogens with one attached hydrogen (secondary N) is 1. The van der Waals surface area contributed by atoms with Crippen LogP contribution in [0.5, 0.6) is 0 Å². The molecule has 0 spiro atoms. The largest absolute Gasteiger partial charge is 0.310 e. The summed E-state index contributed by atoms with van der Waals surface area (Å²) in [6.45, 7) is 3.97. The smallest absolute Gasteiger partial charge is 0.0766 e. The van der Waals surface area contributed by atoms with Gasteiger partial charge >= 0.3 is 0 Å². The topological polar surface area (TPSA) is 33.1 Å². The molecular formula is C15H22N4. The van der Waals surface area contributed by atoms with Crippen LogP contribution in [-0.2, 0) is 6.54 Å². The van der Waals surface area contributed by atoms with Crippen molar-refractivity contribution >= 4 is 0 Å². The van der Waals surface area contributed by atoms with Gasteiger partial charge < -0.3 is 10.2 Å². The summed E-state index contributed by atoms with van der Waals surface area (Å²) in [5.74, 6) is 0. The molecule has 2 aromatic rings. The first-order valence-electron chi connectivity index (χ1n) is 6.64. The van der Waals surface area contributed by atoms with Crippen molar-refractivity contribution in [3.8, 4) is 5.69 Å². The molecule has 0 fully saturated rings. The highest BCUT2D eigenvalue weighted by Gasteiger charge is 2.04. The van der Waals surface area contributed by atoms with E-state index in [0.717, 1.165) is 24.5 Å². The van der Waals surface area contributed by atoms with Gasteiger partial charge in [0.15, 0.2) is 0 Å². The normalized spacial score (nSPS) is 12.8. The Morgan fingerprint density at radius 3 is 2.63 bits per heavy atom. The van der Waals surface area contributed by atoms with E-state index in [1.807, 2.05) is 29.1 Å². The van der Waals surface area contributed by atoms with Crippen molar-refractivity contribution in [3.63, 3.8) is 0 Å². The molecule has 0 aliphatic rings. The minimum absolute atomic E-state index is 0.524. The Hall–Kier alpha value is -1.65. The van der Waals surface area contributed by atoms with Crippen molar-refractivity contribution in [2.75, 3.05) is 20.6 Å². The van der Waals surface area contributed by atoms with E-state index in [1.165, 1.54) is 0 Å². The fourth-order valence-corrected chi connectivity index (χ4v) is 1.77. The fourth-order valence-electron chi connectivity index (χ4n) is 1.77. The molecule has 4 heteroatoms. The van der Waals surface area contributed by atoms with Crippen molar-refractivity contribution in [1.29, 1.82) is 0 Å². The number of likely N-dealkylation sites (N-methyl/N-ethyl adjacent to an activating group) is 1. The lowest BCUT2D eigenvalue weighted by molar-refractivity contribution is 0.302. The molecule has 19 heavy (non-hydrogen) atoms. The summed E-state index contributed by atoms with van der Waals surface area (Å²) in [6, 6.07) is 12.7. The van der Waals surface area contributed by atoms with Gasteiger partial charge in [-0.2, -0.15) is 5.10 Å². The molecule has 0 radical (unpaired) electrons. The maximum Gasteiger partial charge on any atom is 0.0766 e. The summed E-state index contributed by atoms with van der Waals surface area (Å²) >= 11 is 0. The summed E-state index contributed by atoms with van der Waals surface area (Å²) in [6.07, 6.45) is 2.00. The van der Waals surface area contributed by atoms with Gasteiger partial charge in [0.25, 0.3) is 0 Å². The third-order valence-corrected chi connectivity index (χ3v) is 3.29. The average Bonchev–Trinajstić information content (AvgIpc) is 2.88. The van der Waals surface area contributed by atoms with E-state index in [4.69, 9.17) is 0 Å². The van der Waals surface area contributed by atoms with Crippen molar-refractivity contribution < 1.29 is 0 Å². The number of rotatable bonds is 6. The second-order valence-electron chi connectivity index (χ2n) is 5.03. The maximum atomic E-state index is 4.56. The summed E-state index contributed by atoms with van der Waals surface area (Å²) in [5, 5.41) is 7.99. The minimum Gasteiger partial charge on any atom is -0.310 e. The molecule has 4 nitrogen and oxygen atoms in total. The first kappa shape index (κ1) is 13.8. The van der Waals surface area contributed by atoms with E-state index in [1.54, 1.807) is 0 Å². The van der Waals surface area contributed by atoms with Crippen LogP contribution in [0.25, 0.3) is 5.69 Å². The quantitative estimate of drug-likeness (QED) is 0.859. The molecule has 1 aromatic carbocycles. The van der Waals surface area contributed by atoms with Gasteiger partial charge in [-0.05, 0) is 39.2 Å². The number of para-hydroxylation sites is 1. The molecule has 1 heterocycles. The number of benzene rings is 1. The van der Waals surface area contributed by atoms with Crippen molar-refractivity contribution in [3.05, 3.63) is 48.3 Å². The molecule has 1 unspecified atom stereocenters. The fraction of sp³-hybridized carbons (Fsp3) is 0.400. The van der Waals surface area contributed by atoms with Crippen LogP contribution in [0.2, 0.25) is 0 Å². The molecule has 0 aliphatic heterocycles. The number of nitrogens with zero attached hydrogens (tertiary/aromatic N) is 3. The van der Waals surface area contributed by atoms with E-state index in [2.05, 4.69) is 54.5 Å². The second kappa shape index (κ2) is 6.50. The van der Waals surface area contributed by atoms with Crippen LogP contribution in [0.15, 0.2) is 42.6 Å². The number of aromatic nitrogens is 2. The van der Waals surface area contributed by atoms with Gasteiger partial charge in [0, 0.05) is 25.3 Å². The standard InChI is InChI=1S/C15H22N4/c1-13(18(2)3)11-16-12-14-9-10-19(17-14)15-7-5-4-6-8-15/h4-10,13,16H,11-12H2,1-3H3. The molecule has 0 bridgehead atoms. The maximum absolute atomic E-state index is 4.56. The number of hydrogen-bond donors (Lipinski definition) is 1. The highest BCUT2D eigenvalue weighted by atomic mass is 15.3. The lowest BCUT2D eigenvalue weighted by atomic mass is 10.3. The molecule has 1 aromatic heterocycles. The van der Waals surface area contributed by atoms with Crippen LogP contribution in [-0.4, -0.2) is 41.4 Å². The molecule has 102 valence electrons. The van der Waals surface area contributed by atoms with Gasteiger partial charge in [-0.3, -0.25) is 0 Å². The predicted molar refractivity (Wildman–Crippen MR) is 78.4 cm³/mol. The van der Waals surface area contributed by atoms with E-state index >= 15 is 0 Å². The van der Waals surface area contributed by atoms with Crippen molar-refractivity contribution in [2.45, 2.75) is 19.5 Å². The first-order chi connectivity index (χ1) is 9.16. The highest BCUT2D eigenvalue weighted by Crippen LogP contribution is 2.06. The van der Waals surface area contributed by atoms with E-state index < -0.39 is 0 Å². The van der Waals surface area contributed by atoms with Gasteiger partial charge in [0.2, 0.25) is 0 Å². The Morgan fingerprint density at radius 2 is 1.95 bits per heavy atom. The van der Waals surface area contributed by atoms with Crippen molar-refractivity contribution in [1.82, 2.24) is 20.0 Å². The molecule has 1 N–H and O–H groups in total. The van der Waals surface area contributed by atoms with Gasteiger partial charge in [-0.25, -0.2) is 4.68 Å². The van der Waals surface area contributed by atoms with Crippen LogP contribution in [0, 0.1) is 0 Å². The monoisotopic (exact) mass is 258 g/mol. The molecule has 1 atom stereocenters. The molecular weight excluding hydrogens is 236 g/mol. The second-order valence-corrected chi connectivity index (χ2v) is 5.03. The summed E-state index contributed by atoms with van der Waals surface area (Å²) in [4.78, 5) is 2.20. The van der Waals surface area contributed by atoms with E-state index in [0.29, 0.717) is 6.04 Å². The highest BCUT2D eigenvalue weighted by molar-refractivity contribution is 5.30. The molecule has 0 aliphatic carbocycles. The van der Waals surface area contributed by atoms with E-state index in [-0.39, 0.29) is 0 Å². The zero-order valence-corrected chi connectivity index (χ0v) is 11.9. The summed E-state index contributed by atoms with van der Waals surface area (Å²) in [7, 11) is 4.19. The lowest BCUT2D eigenvalue weighted by Gasteiger charge is -2.19.